The average molecular weight is 263 g/mol. The van der Waals surface area contributed by atoms with Crippen LogP contribution in [0.15, 0.2) is 6.20 Å². The highest BCUT2D eigenvalue weighted by molar-refractivity contribution is 7.91. The maximum Gasteiger partial charge on any atom is 0.150 e. The van der Waals surface area contributed by atoms with Gasteiger partial charge < -0.3 is 5.11 Å². The largest absolute Gasteiger partial charge is 0.388 e. The van der Waals surface area contributed by atoms with E-state index >= 15 is 0 Å². The molecule has 92 valence electrons. The standard InChI is InChI=1S/C10H17NO3S2/c1-3-16(13,14)6-4-5-9(12)10-7-11-8(2)15-10/h7,9,12H,3-6H2,1-2H3. The Kier molecular flexibility index (Phi) is 4.89. The van der Waals surface area contributed by atoms with Crippen LogP contribution >= 0.6 is 11.3 Å². The van der Waals surface area contributed by atoms with E-state index in [0.717, 1.165) is 9.88 Å². The van der Waals surface area contributed by atoms with Gasteiger partial charge in [-0.3, -0.25) is 0 Å². The molecular weight excluding hydrogens is 246 g/mol. The molecule has 1 atom stereocenters. The minimum atomic E-state index is -2.92. The zero-order valence-corrected chi connectivity index (χ0v) is 11.1. The Morgan fingerprint density at radius 3 is 2.75 bits per heavy atom. The molecule has 1 rings (SSSR count). The van der Waals surface area contributed by atoms with Crippen LogP contribution in [-0.4, -0.2) is 30.0 Å². The van der Waals surface area contributed by atoms with E-state index in [-0.39, 0.29) is 11.5 Å². The van der Waals surface area contributed by atoms with Crippen molar-refractivity contribution in [3.05, 3.63) is 16.1 Å². The highest BCUT2D eigenvalue weighted by atomic mass is 32.2. The van der Waals surface area contributed by atoms with Crippen LogP contribution in [0.3, 0.4) is 0 Å². The summed E-state index contributed by atoms with van der Waals surface area (Å²) in [6, 6.07) is 0. The lowest BCUT2D eigenvalue weighted by Crippen LogP contribution is -2.09. The molecular formula is C10H17NO3S2. The summed E-state index contributed by atoms with van der Waals surface area (Å²) in [5.41, 5.74) is 0. The number of aryl methyl sites for hydroxylation is 1. The van der Waals surface area contributed by atoms with Crippen LogP contribution in [0.5, 0.6) is 0 Å². The van der Waals surface area contributed by atoms with Gasteiger partial charge in [-0.25, -0.2) is 13.4 Å². The molecule has 0 spiro atoms. The normalized spacial score (nSPS) is 13.9. The number of sulfone groups is 1. The summed E-state index contributed by atoms with van der Waals surface area (Å²) >= 11 is 1.45. The lowest BCUT2D eigenvalue weighted by atomic mass is 10.2. The molecule has 1 aromatic heterocycles. The molecule has 0 aliphatic carbocycles. The first kappa shape index (κ1) is 13.6. The fourth-order valence-corrected chi connectivity index (χ4v) is 3.02. The van der Waals surface area contributed by atoms with E-state index in [9.17, 15) is 13.5 Å². The molecule has 16 heavy (non-hydrogen) atoms. The fraction of sp³-hybridized carbons (Fsp3) is 0.700. The predicted octanol–water partition coefficient (Wildman–Crippen LogP) is 1.70. The molecule has 0 amide bonds. The van der Waals surface area contributed by atoms with Crippen molar-refractivity contribution in [3.8, 4) is 0 Å². The second kappa shape index (κ2) is 5.75. The molecule has 0 saturated heterocycles. The van der Waals surface area contributed by atoms with Crippen LogP contribution in [0.25, 0.3) is 0 Å². The van der Waals surface area contributed by atoms with Crippen molar-refractivity contribution >= 4 is 21.2 Å². The molecule has 0 saturated carbocycles. The molecule has 0 bridgehead atoms. The summed E-state index contributed by atoms with van der Waals surface area (Å²) in [6.45, 7) is 3.51. The van der Waals surface area contributed by atoms with Crippen LogP contribution in [0, 0.1) is 6.92 Å². The van der Waals surface area contributed by atoms with E-state index in [1.807, 2.05) is 6.92 Å². The number of aromatic nitrogens is 1. The van der Waals surface area contributed by atoms with E-state index in [4.69, 9.17) is 0 Å². The van der Waals surface area contributed by atoms with Gasteiger partial charge in [0.1, 0.15) is 9.84 Å². The summed E-state index contributed by atoms with van der Waals surface area (Å²) in [5.74, 6) is 0.321. The Morgan fingerprint density at radius 1 is 1.56 bits per heavy atom. The topological polar surface area (TPSA) is 67.3 Å². The summed E-state index contributed by atoms with van der Waals surface area (Å²) < 4.78 is 22.5. The number of hydrogen-bond acceptors (Lipinski definition) is 5. The maximum atomic E-state index is 11.2. The summed E-state index contributed by atoms with van der Waals surface area (Å²) in [4.78, 5) is 4.86. The average Bonchev–Trinajstić information content (AvgIpc) is 2.64. The highest BCUT2D eigenvalue weighted by Gasteiger charge is 2.13. The van der Waals surface area contributed by atoms with Crippen molar-refractivity contribution in [3.63, 3.8) is 0 Å². The SMILES string of the molecule is CCS(=O)(=O)CCCC(O)c1cnc(C)s1. The number of aliphatic hydroxyl groups excluding tert-OH is 1. The monoisotopic (exact) mass is 263 g/mol. The molecule has 1 aromatic rings. The molecule has 0 aliphatic heterocycles. The molecule has 0 aliphatic rings. The van der Waals surface area contributed by atoms with E-state index in [1.165, 1.54) is 11.3 Å². The highest BCUT2D eigenvalue weighted by Crippen LogP contribution is 2.24. The number of hydrogen-bond donors (Lipinski definition) is 1. The van der Waals surface area contributed by atoms with E-state index in [2.05, 4.69) is 4.98 Å². The quantitative estimate of drug-likeness (QED) is 0.848. The molecule has 1 heterocycles. The van der Waals surface area contributed by atoms with Crippen molar-refractivity contribution in [1.29, 1.82) is 0 Å². The van der Waals surface area contributed by atoms with Crippen molar-refractivity contribution in [2.75, 3.05) is 11.5 Å². The van der Waals surface area contributed by atoms with Gasteiger partial charge in [-0.05, 0) is 19.8 Å². The lowest BCUT2D eigenvalue weighted by Gasteiger charge is -2.07. The lowest BCUT2D eigenvalue weighted by molar-refractivity contribution is 0.170. The van der Waals surface area contributed by atoms with E-state index in [1.54, 1.807) is 13.1 Å². The first-order chi connectivity index (χ1) is 7.44. The Hall–Kier alpha value is -0.460. The van der Waals surface area contributed by atoms with Crippen LogP contribution in [0.2, 0.25) is 0 Å². The summed E-state index contributed by atoms with van der Waals surface area (Å²) in [6.07, 6.45) is 2.03. The van der Waals surface area contributed by atoms with Crippen molar-refractivity contribution < 1.29 is 13.5 Å². The fourth-order valence-electron chi connectivity index (χ4n) is 1.32. The Balaban J connectivity index is 2.39. The van der Waals surface area contributed by atoms with Crippen LogP contribution in [-0.2, 0) is 9.84 Å². The predicted molar refractivity (Wildman–Crippen MR) is 65.4 cm³/mol. The number of rotatable bonds is 6. The third-order valence-corrected chi connectivity index (χ3v) is 5.14. The van der Waals surface area contributed by atoms with Gasteiger partial charge in [-0.1, -0.05) is 6.92 Å². The van der Waals surface area contributed by atoms with E-state index < -0.39 is 15.9 Å². The summed E-state index contributed by atoms with van der Waals surface area (Å²) in [5, 5.41) is 10.7. The van der Waals surface area contributed by atoms with Gasteiger partial charge in [0.25, 0.3) is 0 Å². The van der Waals surface area contributed by atoms with Crippen molar-refractivity contribution in [2.45, 2.75) is 32.8 Å². The molecule has 6 heteroatoms. The molecule has 0 fully saturated rings. The maximum absolute atomic E-state index is 11.2. The first-order valence-corrected chi connectivity index (χ1v) is 7.89. The minimum Gasteiger partial charge on any atom is -0.388 e. The van der Waals surface area contributed by atoms with Crippen LogP contribution in [0.4, 0.5) is 0 Å². The summed E-state index contributed by atoms with van der Waals surface area (Å²) in [7, 11) is -2.92. The van der Waals surface area contributed by atoms with Gasteiger partial charge >= 0.3 is 0 Å². The zero-order valence-electron chi connectivity index (χ0n) is 9.51. The van der Waals surface area contributed by atoms with Gasteiger partial charge in [-0.2, -0.15) is 0 Å². The first-order valence-electron chi connectivity index (χ1n) is 5.25. The number of thiazole rings is 1. The third kappa shape index (κ3) is 4.19. The van der Waals surface area contributed by atoms with Gasteiger partial charge in [0.05, 0.1) is 21.7 Å². The van der Waals surface area contributed by atoms with Gasteiger partial charge in [0, 0.05) is 11.9 Å². The molecule has 1 N–H and O–H groups in total. The molecule has 0 aromatic carbocycles. The Bertz CT molecular complexity index is 425. The van der Waals surface area contributed by atoms with Gasteiger partial charge in [0.15, 0.2) is 0 Å². The van der Waals surface area contributed by atoms with E-state index in [0.29, 0.717) is 12.8 Å². The van der Waals surface area contributed by atoms with Crippen molar-refractivity contribution in [2.24, 2.45) is 0 Å². The minimum absolute atomic E-state index is 0.151. The Morgan fingerprint density at radius 2 is 2.25 bits per heavy atom. The van der Waals surface area contributed by atoms with Crippen LogP contribution in [0.1, 0.15) is 35.8 Å². The second-order valence-corrected chi connectivity index (χ2v) is 7.42. The van der Waals surface area contributed by atoms with Crippen molar-refractivity contribution in [1.82, 2.24) is 4.98 Å². The van der Waals surface area contributed by atoms with Crippen LogP contribution < -0.4 is 0 Å². The second-order valence-electron chi connectivity index (χ2n) is 3.68. The van der Waals surface area contributed by atoms with Gasteiger partial charge in [-0.15, -0.1) is 11.3 Å². The van der Waals surface area contributed by atoms with Gasteiger partial charge in [0.2, 0.25) is 0 Å². The smallest absolute Gasteiger partial charge is 0.150 e. The number of nitrogens with zero attached hydrogens (tertiary/aromatic N) is 1. The molecule has 0 radical (unpaired) electrons. The number of aliphatic hydroxyl groups is 1. The molecule has 1 unspecified atom stereocenters. The zero-order chi connectivity index (χ0) is 12.2. The third-order valence-electron chi connectivity index (χ3n) is 2.34. The molecule has 4 nitrogen and oxygen atoms in total. The Labute approximate surface area is 100 Å².